The first-order valence-corrected chi connectivity index (χ1v) is 7.17. The van der Waals surface area contributed by atoms with Crippen molar-refractivity contribution >= 4 is 34.4 Å². The van der Waals surface area contributed by atoms with Crippen molar-refractivity contribution in [1.82, 2.24) is 4.57 Å². The van der Waals surface area contributed by atoms with Gasteiger partial charge in [0.15, 0.2) is 0 Å². The van der Waals surface area contributed by atoms with E-state index in [1.807, 2.05) is 54.6 Å². The Morgan fingerprint density at radius 3 is 2.55 bits per heavy atom. The van der Waals surface area contributed by atoms with E-state index in [2.05, 4.69) is 10.5 Å². The molecule has 0 aliphatic rings. The Kier molecular flexibility index (Phi) is 3.94. The standard InChI is InChI=1S/C17H14ClN3O/c1-21-15-10-6-5-9-13(15)16(18)14(17(21)22)11-19-20-12-7-3-2-4-8-12/h2-11,20H,1H3/b19-11+. The predicted octanol–water partition coefficient (Wildman–Crippen LogP) is 3.64. The third kappa shape index (κ3) is 2.61. The zero-order valence-electron chi connectivity index (χ0n) is 12.0. The normalized spacial score (nSPS) is 11.2. The number of hydrazone groups is 1. The summed E-state index contributed by atoms with van der Waals surface area (Å²) < 4.78 is 1.57. The van der Waals surface area contributed by atoms with Crippen molar-refractivity contribution in [2.45, 2.75) is 0 Å². The lowest BCUT2D eigenvalue weighted by molar-refractivity contribution is 0.904. The number of pyridine rings is 1. The van der Waals surface area contributed by atoms with Gasteiger partial charge in [0.2, 0.25) is 0 Å². The SMILES string of the molecule is Cn1c(=O)c(/C=N/Nc2ccccc2)c(Cl)c2ccccc21. The molecule has 1 N–H and O–H groups in total. The lowest BCUT2D eigenvalue weighted by Crippen LogP contribution is -2.22. The zero-order chi connectivity index (χ0) is 15.5. The molecule has 0 unspecified atom stereocenters. The highest BCUT2D eigenvalue weighted by Crippen LogP contribution is 2.23. The lowest BCUT2D eigenvalue weighted by atomic mass is 10.1. The average molecular weight is 312 g/mol. The Morgan fingerprint density at radius 2 is 1.77 bits per heavy atom. The van der Waals surface area contributed by atoms with Crippen molar-refractivity contribution in [1.29, 1.82) is 0 Å². The van der Waals surface area contributed by atoms with E-state index in [1.54, 1.807) is 11.6 Å². The Hall–Kier alpha value is -2.59. The average Bonchev–Trinajstić information content (AvgIpc) is 2.57. The smallest absolute Gasteiger partial charge is 0.261 e. The van der Waals surface area contributed by atoms with Crippen molar-refractivity contribution in [3.63, 3.8) is 0 Å². The first-order chi connectivity index (χ1) is 10.7. The topological polar surface area (TPSA) is 46.4 Å². The quantitative estimate of drug-likeness (QED) is 0.593. The van der Waals surface area contributed by atoms with Crippen molar-refractivity contribution in [2.75, 3.05) is 5.43 Å². The number of hydrogen-bond donors (Lipinski definition) is 1. The van der Waals surface area contributed by atoms with Crippen LogP contribution in [0.1, 0.15) is 5.56 Å². The molecule has 0 atom stereocenters. The number of para-hydroxylation sites is 2. The van der Waals surface area contributed by atoms with E-state index < -0.39 is 0 Å². The van der Waals surface area contributed by atoms with Crippen molar-refractivity contribution in [3.05, 3.63) is 75.5 Å². The molecule has 1 aromatic heterocycles. The summed E-state index contributed by atoms with van der Waals surface area (Å²) in [6.45, 7) is 0. The second-order valence-corrected chi connectivity index (χ2v) is 5.22. The van der Waals surface area contributed by atoms with Gasteiger partial charge in [-0.05, 0) is 18.2 Å². The Morgan fingerprint density at radius 1 is 1.09 bits per heavy atom. The molecule has 110 valence electrons. The van der Waals surface area contributed by atoms with E-state index in [0.29, 0.717) is 10.6 Å². The molecule has 0 bridgehead atoms. The number of nitrogens with one attached hydrogen (secondary N) is 1. The number of rotatable bonds is 3. The van der Waals surface area contributed by atoms with E-state index in [4.69, 9.17) is 11.6 Å². The van der Waals surface area contributed by atoms with Crippen LogP contribution < -0.4 is 11.0 Å². The molecule has 0 aliphatic carbocycles. The summed E-state index contributed by atoms with van der Waals surface area (Å²) in [6, 6.07) is 17.0. The van der Waals surface area contributed by atoms with Gasteiger partial charge in [-0.25, -0.2) is 0 Å². The van der Waals surface area contributed by atoms with Crippen LogP contribution >= 0.6 is 11.6 Å². The second-order valence-electron chi connectivity index (χ2n) is 4.85. The Balaban J connectivity index is 2.02. The van der Waals surface area contributed by atoms with E-state index in [1.165, 1.54) is 6.21 Å². The summed E-state index contributed by atoms with van der Waals surface area (Å²) in [5.41, 5.74) is 4.70. The molecule has 0 spiro atoms. The minimum atomic E-state index is -0.178. The molecule has 0 radical (unpaired) electrons. The molecule has 0 fully saturated rings. The highest BCUT2D eigenvalue weighted by Gasteiger charge is 2.11. The van der Waals surface area contributed by atoms with Gasteiger partial charge in [0.1, 0.15) is 0 Å². The fourth-order valence-corrected chi connectivity index (χ4v) is 2.57. The van der Waals surface area contributed by atoms with Gasteiger partial charge < -0.3 is 4.57 Å². The van der Waals surface area contributed by atoms with Gasteiger partial charge in [-0.3, -0.25) is 10.2 Å². The molecule has 1 heterocycles. The van der Waals surface area contributed by atoms with Gasteiger partial charge in [-0.1, -0.05) is 48.0 Å². The Labute approximate surface area is 132 Å². The molecular formula is C17H14ClN3O. The molecule has 0 saturated heterocycles. The van der Waals surface area contributed by atoms with Gasteiger partial charge >= 0.3 is 0 Å². The minimum absolute atomic E-state index is 0.178. The maximum atomic E-state index is 12.4. The maximum Gasteiger partial charge on any atom is 0.261 e. The summed E-state index contributed by atoms with van der Waals surface area (Å²) in [6.07, 6.45) is 1.46. The fourth-order valence-electron chi connectivity index (χ4n) is 2.28. The summed E-state index contributed by atoms with van der Waals surface area (Å²) in [4.78, 5) is 12.4. The summed E-state index contributed by atoms with van der Waals surface area (Å²) in [5.74, 6) is 0. The molecule has 2 aromatic carbocycles. The molecule has 22 heavy (non-hydrogen) atoms. The highest BCUT2D eigenvalue weighted by molar-refractivity contribution is 6.37. The summed E-state index contributed by atoms with van der Waals surface area (Å²) in [7, 11) is 1.73. The number of nitrogens with zero attached hydrogens (tertiary/aromatic N) is 2. The first kappa shape index (κ1) is 14.4. The molecule has 5 heteroatoms. The summed E-state index contributed by atoms with van der Waals surface area (Å²) in [5, 5.41) is 5.35. The van der Waals surface area contributed by atoms with Crippen LogP contribution in [0, 0.1) is 0 Å². The number of fused-ring (bicyclic) bond motifs is 1. The van der Waals surface area contributed by atoms with E-state index in [9.17, 15) is 4.79 Å². The second kappa shape index (κ2) is 6.03. The number of aryl methyl sites for hydroxylation is 1. The van der Waals surface area contributed by atoms with Crippen LogP contribution in [0.25, 0.3) is 10.9 Å². The van der Waals surface area contributed by atoms with E-state index in [0.717, 1.165) is 16.6 Å². The third-order valence-electron chi connectivity index (χ3n) is 3.43. The number of hydrogen-bond acceptors (Lipinski definition) is 3. The summed E-state index contributed by atoms with van der Waals surface area (Å²) >= 11 is 6.37. The van der Waals surface area contributed by atoms with Gasteiger partial charge in [0.05, 0.1) is 28.0 Å². The van der Waals surface area contributed by atoms with Crippen molar-refractivity contribution < 1.29 is 0 Å². The van der Waals surface area contributed by atoms with Crippen LogP contribution in [-0.2, 0) is 7.05 Å². The monoisotopic (exact) mass is 311 g/mol. The number of aromatic nitrogens is 1. The molecule has 0 saturated carbocycles. The first-order valence-electron chi connectivity index (χ1n) is 6.80. The number of benzene rings is 2. The van der Waals surface area contributed by atoms with E-state index in [-0.39, 0.29) is 5.56 Å². The van der Waals surface area contributed by atoms with Crippen LogP contribution in [0.15, 0.2) is 64.5 Å². The van der Waals surface area contributed by atoms with Crippen LogP contribution in [-0.4, -0.2) is 10.8 Å². The zero-order valence-corrected chi connectivity index (χ0v) is 12.7. The molecule has 4 nitrogen and oxygen atoms in total. The Bertz CT molecular complexity index is 901. The molecule has 0 aliphatic heterocycles. The van der Waals surface area contributed by atoms with Crippen LogP contribution in [0.3, 0.4) is 0 Å². The van der Waals surface area contributed by atoms with Gasteiger partial charge in [0.25, 0.3) is 5.56 Å². The van der Waals surface area contributed by atoms with Crippen molar-refractivity contribution in [3.8, 4) is 0 Å². The molecule has 3 aromatic rings. The van der Waals surface area contributed by atoms with Crippen LogP contribution in [0.5, 0.6) is 0 Å². The third-order valence-corrected chi connectivity index (χ3v) is 3.84. The maximum absolute atomic E-state index is 12.4. The molecule has 3 rings (SSSR count). The van der Waals surface area contributed by atoms with Crippen molar-refractivity contribution in [2.24, 2.45) is 12.1 Å². The number of halogens is 1. The number of anilines is 1. The van der Waals surface area contributed by atoms with Crippen LogP contribution in [0.4, 0.5) is 5.69 Å². The largest absolute Gasteiger partial charge is 0.311 e. The molecular weight excluding hydrogens is 298 g/mol. The van der Waals surface area contributed by atoms with Crippen LogP contribution in [0.2, 0.25) is 5.02 Å². The van der Waals surface area contributed by atoms with E-state index >= 15 is 0 Å². The molecule has 0 amide bonds. The highest BCUT2D eigenvalue weighted by atomic mass is 35.5. The van der Waals surface area contributed by atoms with Gasteiger partial charge in [0, 0.05) is 12.4 Å². The predicted molar refractivity (Wildman–Crippen MR) is 91.9 cm³/mol. The van der Waals surface area contributed by atoms with Gasteiger partial charge in [-0.15, -0.1) is 0 Å². The minimum Gasteiger partial charge on any atom is -0.311 e. The fraction of sp³-hybridized carbons (Fsp3) is 0.0588. The van der Waals surface area contributed by atoms with Gasteiger partial charge in [-0.2, -0.15) is 5.10 Å². The lowest BCUT2D eigenvalue weighted by Gasteiger charge is -2.09.